The number of hydrogen-bond acceptors (Lipinski definition) is 2. The Hall–Kier alpha value is -0.811. The monoisotopic (exact) mass is 758 g/mol. The molecule has 2 nitrogen and oxygen atoms in total. The van der Waals surface area contributed by atoms with E-state index >= 15 is 0 Å². The van der Waals surface area contributed by atoms with Crippen molar-refractivity contribution < 1.29 is 79.9 Å². The van der Waals surface area contributed by atoms with E-state index in [1.807, 2.05) is 18.1 Å². The van der Waals surface area contributed by atoms with E-state index in [0.717, 1.165) is 11.3 Å². The first kappa shape index (κ1) is 26.4. The second-order valence-corrected chi connectivity index (χ2v) is 4.14. The average Bonchev–Trinajstić information content (AvgIpc) is 2.60. The standard InChI is InChI=1S/C18H11N2.C3H3.2Th/c1-3-5-6-7-8-16-10-12-20-18(14-16)17-13-15(4-2)9-11-19-17;1-3-2;;/h9-14H,6H2,1H3;1H3;;/q2*-1;;+2. The van der Waals surface area contributed by atoms with Gasteiger partial charge in [-0.05, 0) is 26.0 Å². The molecule has 0 saturated carbocycles. The van der Waals surface area contributed by atoms with Crippen LogP contribution in [-0.4, -0.2) is 9.97 Å². The molecule has 4 heteroatoms. The van der Waals surface area contributed by atoms with Gasteiger partial charge in [-0.2, -0.15) is 0 Å². The molecule has 2 aromatic rings. The summed E-state index contributed by atoms with van der Waals surface area (Å²) in [6.45, 7) is 3.34. The molecule has 0 radical (unpaired) electrons. The molecule has 0 aliphatic carbocycles. The van der Waals surface area contributed by atoms with Crippen LogP contribution in [0.15, 0.2) is 36.7 Å². The molecular weight excluding hydrogens is 744 g/mol. The summed E-state index contributed by atoms with van der Waals surface area (Å²) < 4.78 is 0. The molecule has 0 unspecified atom stereocenters. The molecule has 0 amide bonds. The fourth-order valence-corrected chi connectivity index (χ4v) is 1.58. The van der Waals surface area contributed by atoms with Crippen LogP contribution >= 0.6 is 0 Å². The Kier molecular flexibility index (Phi) is 17.6. The molecule has 0 N–H and O–H groups in total. The average molecular weight is 758 g/mol. The van der Waals surface area contributed by atoms with Gasteiger partial charge in [-0.25, -0.2) is 0 Å². The largest absolute Gasteiger partial charge is 2.00 e. The Labute approximate surface area is 214 Å². The Balaban J connectivity index is 0. The van der Waals surface area contributed by atoms with Crippen LogP contribution in [0.25, 0.3) is 11.4 Å². The van der Waals surface area contributed by atoms with Gasteiger partial charge in [-0.1, -0.05) is 17.8 Å². The van der Waals surface area contributed by atoms with Gasteiger partial charge in [0.25, 0.3) is 0 Å². The Morgan fingerprint density at radius 2 is 1.44 bits per heavy atom. The third kappa shape index (κ3) is 10.7. The quantitative estimate of drug-likeness (QED) is 0.330. The minimum absolute atomic E-state index is 0. The Morgan fingerprint density at radius 3 is 1.96 bits per heavy atom. The molecule has 2 rings (SSSR count). The van der Waals surface area contributed by atoms with Crippen LogP contribution in [0.2, 0.25) is 0 Å². The second kappa shape index (κ2) is 16.6. The first-order chi connectivity index (χ1) is 11.2. The number of nitrogens with zero attached hydrogens (tertiary/aromatic N) is 2. The van der Waals surface area contributed by atoms with Crippen LogP contribution in [0.4, 0.5) is 0 Å². The maximum absolute atomic E-state index is 7.14. The summed E-state index contributed by atoms with van der Waals surface area (Å²) in [5.41, 5.74) is 2.99. The van der Waals surface area contributed by atoms with Crippen molar-refractivity contribution in [2.75, 3.05) is 0 Å². The van der Waals surface area contributed by atoms with Gasteiger partial charge < -0.3 is 18.8 Å². The van der Waals surface area contributed by atoms with Gasteiger partial charge in [-0.15, -0.1) is 23.6 Å². The van der Waals surface area contributed by atoms with Gasteiger partial charge in [0.2, 0.25) is 0 Å². The fourth-order valence-electron chi connectivity index (χ4n) is 1.58. The molecule has 0 atom stereocenters. The molecule has 0 aliphatic rings. The number of aromatic nitrogens is 2. The van der Waals surface area contributed by atoms with E-state index in [1.54, 1.807) is 38.4 Å². The molecule has 2 heterocycles. The maximum atomic E-state index is 7.14. The fraction of sp³-hybridized carbons (Fsp3) is 0.143. The zero-order valence-electron chi connectivity index (χ0n) is 14.1. The van der Waals surface area contributed by atoms with Crippen LogP contribution in [0, 0.1) is 128 Å². The summed E-state index contributed by atoms with van der Waals surface area (Å²) >= 11 is 0. The number of rotatable bonds is 1. The van der Waals surface area contributed by atoms with Crippen molar-refractivity contribution in [2.45, 2.75) is 20.3 Å². The van der Waals surface area contributed by atoms with Crippen LogP contribution in [0.3, 0.4) is 0 Å². The minimum Gasteiger partial charge on any atom is -0.694 e. The van der Waals surface area contributed by atoms with Gasteiger partial charge >= 0.3 is 39.9 Å². The van der Waals surface area contributed by atoms with Crippen molar-refractivity contribution in [3.8, 4) is 46.9 Å². The molecule has 0 bridgehead atoms. The molecular formula is C21H14N2Th2. The zero-order chi connectivity index (χ0) is 16.9. The summed E-state index contributed by atoms with van der Waals surface area (Å²) in [7, 11) is 0. The van der Waals surface area contributed by atoms with Crippen molar-refractivity contribution in [3.05, 3.63) is 60.6 Å². The predicted octanol–water partition coefficient (Wildman–Crippen LogP) is 3.44. The van der Waals surface area contributed by atoms with E-state index in [0.29, 0.717) is 17.7 Å². The van der Waals surface area contributed by atoms with Crippen molar-refractivity contribution in [1.82, 2.24) is 9.97 Å². The van der Waals surface area contributed by atoms with Crippen LogP contribution in [0.1, 0.15) is 31.4 Å². The van der Waals surface area contributed by atoms with Crippen molar-refractivity contribution in [1.29, 1.82) is 0 Å². The van der Waals surface area contributed by atoms with Gasteiger partial charge in [0, 0.05) is 57.9 Å². The van der Waals surface area contributed by atoms with E-state index in [-0.39, 0.29) is 79.9 Å². The number of pyridine rings is 2. The van der Waals surface area contributed by atoms with Crippen LogP contribution in [0.5, 0.6) is 0 Å². The van der Waals surface area contributed by atoms with Crippen molar-refractivity contribution in [3.63, 3.8) is 0 Å². The van der Waals surface area contributed by atoms with Crippen LogP contribution in [-0.2, 0) is 0 Å². The van der Waals surface area contributed by atoms with Gasteiger partial charge in [0.15, 0.2) is 0 Å². The molecule has 0 aliphatic heterocycles. The first-order valence-electron chi connectivity index (χ1n) is 6.82. The third-order valence-corrected chi connectivity index (χ3v) is 2.51. The van der Waals surface area contributed by atoms with E-state index in [9.17, 15) is 0 Å². The van der Waals surface area contributed by atoms with Crippen molar-refractivity contribution in [2.24, 2.45) is 0 Å². The normalized spacial score (nSPS) is 7.20. The van der Waals surface area contributed by atoms with Gasteiger partial charge in [0.1, 0.15) is 0 Å². The number of hydrogen-bond donors (Lipinski definition) is 0. The van der Waals surface area contributed by atoms with Gasteiger partial charge in [-0.3, -0.25) is 15.9 Å². The maximum Gasteiger partial charge on any atom is 2.00 e. The molecule has 25 heavy (non-hydrogen) atoms. The van der Waals surface area contributed by atoms with E-state index < -0.39 is 0 Å². The summed E-state index contributed by atoms with van der Waals surface area (Å²) in [6, 6.07) is 7.23. The van der Waals surface area contributed by atoms with E-state index in [4.69, 9.17) is 12.8 Å². The second-order valence-electron chi connectivity index (χ2n) is 4.14. The zero-order valence-corrected chi connectivity index (χ0v) is 22.3. The minimum atomic E-state index is 0. The Bertz CT molecular complexity index is 867. The third-order valence-electron chi connectivity index (χ3n) is 2.51. The SMILES string of the molecule is [C-]#CC.[C-]#Cc1ccnc(-c2cc(C#CCC#CC)ccn2)c1.[Th+2].[Th]. The summed E-state index contributed by atoms with van der Waals surface area (Å²) in [4.78, 5) is 8.53. The Morgan fingerprint density at radius 1 is 0.920 bits per heavy atom. The van der Waals surface area contributed by atoms with E-state index in [2.05, 4.69) is 39.6 Å². The van der Waals surface area contributed by atoms with Gasteiger partial charge in [0.05, 0.1) is 17.8 Å². The molecule has 116 valence electrons. The van der Waals surface area contributed by atoms with E-state index in [1.165, 1.54) is 0 Å². The van der Waals surface area contributed by atoms with Crippen molar-refractivity contribution >= 4 is 0 Å². The van der Waals surface area contributed by atoms with Crippen LogP contribution < -0.4 is 0 Å². The first-order valence-corrected chi connectivity index (χ1v) is 6.82. The molecule has 0 spiro atoms. The smallest absolute Gasteiger partial charge is 0.694 e. The molecule has 0 saturated heterocycles. The summed E-state index contributed by atoms with van der Waals surface area (Å²) in [5.74, 6) is 16.1. The summed E-state index contributed by atoms with van der Waals surface area (Å²) in [6.07, 6.45) is 17.0. The topological polar surface area (TPSA) is 25.8 Å². The molecule has 0 fully saturated rings. The molecule has 2 aromatic heterocycles. The molecule has 0 aromatic carbocycles. The summed E-state index contributed by atoms with van der Waals surface area (Å²) in [5, 5.41) is 0. The predicted molar refractivity (Wildman–Crippen MR) is 91.5 cm³/mol.